The number of rotatable bonds is 23. The Hall–Kier alpha value is -0.610. The highest BCUT2D eigenvalue weighted by Crippen LogP contribution is 2.18. The van der Waals surface area contributed by atoms with Crippen LogP contribution in [0.15, 0.2) is 18.2 Å². The van der Waals surface area contributed by atoms with E-state index in [-0.39, 0.29) is 12.7 Å². The summed E-state index contributed by atoms with van der Waals surface area (Å²) in [6.45, 7) is 7.67. The first-order valence-electron chi connectivity index (χ1n) is 13.6. The van der Waals surface area contributed by atoms with Crippen LogP contribution in [0, 0.1) is 6.92 Å². The van der Waals surface area contributed by atoms with E-state index < -0.39 is 0 Å². The van der Waals surface area contributed by atoms with Gasteiger partial charge in [0.2, 0.25) is 0 Å². The SMILES string of the molecule is [CH2]c1ccc(CO[C@@H](CO)COCCCCCCCCCCCCCCCCCC)cc1Cl. The summed E-state index contributed by atoms with van der Waals surface area (Å²) in [5.41, 5.74) is 1.78. The molecule has 0 aliphatic carbocycles. The third kappa shape index (κ3) is 17.5. The second kappa shape index (κ2) is 21.9. The summed E-state index contributed by atoms with van der Waals surface area (Å²) < 4.78 is 11.5. The van der Waals surface area contributed by atoms with Crippen molar-refractivity contribution in [3.05, 3.63) is 41.3 Å². The van der Waals surface area contributed by atoms with E-state index in [4.69, 9.17) is 21.1 Å². The summed E-state index contributed by atoms with van der Waals surface area (Å²) in [5.74, 6) is 0. The molecular formula is C29H50ClO3. The van der Waals surface area contributed by atoms with E-state index in [1.165, 1.54) is 96.3 Å². The van der Waals surface area contributed by atoms with Gasteiger partial charge in [-0.2, -0.15) is 0 Å². The summed E-state index contributed by atoms with van der Waals surface area (Å²) >= 11 is 6.09. The minimum Gasteiger partial charge on any atom is -0.394 e. The average Bonchev–Trinajstić information content (AvgIpc) is 2.82. The zero-order valence-corrected chi connectivity index (χ0v) is 22.1. The van der Waals surface area contributed by atoms with E-state index in [0.29, 0.717) is 18.2 Å². The van der Waals surface area contributed by atoms with Gasteiger partial charge in [-0.1, -0.05) is 127 Å². The molecule has 0 aliphatic heterocycles. The van der Waals surface area contributed by atoms with Gasteiger partial charge in [-0.3, -0.25) is 0 Å². The number of unbranched alkanes of at least 4 members (excludes halogenated alkanes) is 15. The van der Waals surface area contributed by atoms with E-state index in [0.717, 1.165) is 24.2 Å². The number of hydrogen-bond donors (Lipinski definition) is 1. The molecular weight excluding hydrogens is 432 g/mol. The monoisotopic (exact) mass is 481 g/mol. The zero-order chi connectivity index (χ0) is 24.0. The van der Waals surface area contributed by atoms with Crippen molar-refractivity contribution < 1.29 is 14.6 Å². The lowest BCUT2D eigenvalue weighted by molar-refractivity contribution is -0.0502. The second-order valence-corrected chi connectivity index (χ2v) is 9.83. The van der Waals surface area contributed by atoms with Crippen LogP contribution in [-0.2, 0) is 16.1 Å². The molecule has 0 aliphatic rings. The molecule has 0 saturated carbocycles. The highest BCUT2D eigenvalue weighted by molar-refractivity contribution is 6.31. The fraction of sp³-hybridized carbons (Fsp3) is 0.759. The van der Waals surface area contributed by atoms with Gasteiger partial charge in [0.1, 0.15) is 6.10 Å². The van der Waals surface area contributed by atoms with Gasteiger partial charge in [-0.25, -0.2) is 0 Å². The number of aliphatic hydroxyl groups is 1. The van der Waals surface area contributed by atoms with Crippen LogP contribution in [0.25, 0.3) is 0 Å². The lowest BCUT2D eigenvalue weighted by atomic mass is 10.0. The number of benzene rings is 1. The smallest absolute Gasteiger partial charge is 0.104 e. The largest absolute Gasteiger partial charge is 0.394 e. The Morgan fingerprint density at radius 3 is 1.82 bits per heavy atom. The van der Waals surface area contributed by atoms with E-state index in [1.54, 1.807) is 0 Å². The molecule has 0 fully saturated rings. The Morgan fingerprint density at radius 1 is 0.818 bits per heavy atom. The number of aliphatic hydroxyl groups excluding tert-OH is 1. The molecule has 0 heterocycles. The molecule has 1 radical (unpaired) electrons. The van der Waals surface area contributed by atoms with Crippen molar-refractivity contribution in [3.63, 3.8) is 0 Å². The molecule has 4 heteroatoms. The molecule has 33 heavy (non-hydrogen) atoms. The molecule has 191 valence electrons. The van der Waals surface area contributed by atoms with Crippen molar-refractivity contribution in [2.75, 3.05) is 19.8 Å². The Balaban J connectivity index is 1.85. The molecule has 0 aromatic heterocycles. The first-order valence-corrected chi connectivity index (χ1v) is 14.0. The van der Waals surface area contributed by atoms with Crippen LogP contribution in [-0.4, -0.2) is 31.0 Å². The molecule has 3 nitrogen and oxygen atoms in total. The van der Waals surface area contributed by atoms with Crippen molar-refractivity contribution in [2.45, 2.75) is 122 Å². The molecule has 1 atom stereocenters. The highest BCUT2D eigenvalue weighted by atomic mass is 35.5. The maximum absolute atomic E-state index is 9.51. The molecule has 1 aromatic carbocycles. The lowest BCUT2D eigenvalue weighted by Gasteiger charge is -2.16. The summed E-state index contributed by atoms with van der Waals surface area (Å²) in [4.78, 5) is 0. The van der Waals surface area contributed by atoms with Crippen LogP contribution in [0.3, 0.4) is 0 Å². The van der Waals surface area contributed by atoms with Gasteiger partial charge in [0.15, 0.2) is 0 Å². The average molecular weight is 482 g/mol. The van der Waals surface area contributed by atoms with Gasteiger partial charge in [0.25, 0.3) is 0 Å². The minimum absolute atomic E-state index is 0.0416. The Labute approximate surface area is 209 Å². The standard InChI is InChI=1S/C29H50ClO3/c1-3-4-5-6-7-8-9-10-11-12-13-14-15-16-17-18-21-32-25-28(23-31)33-24-27-20-19-26(2)29(30)22-27/h19-20,22,28,31H,2-18,21,23-25H2,1H3/t28-/m0/s1. The molecule has 0 unspecified atom stereocenters. The zero-order valence-electron chi connectivity index (χ0n) is 21.3. The molecule has 0 amide bonds. The molecule has 0 spiro atoms. The maximum Gasteiger partial charge on any atom is 0.104 e. The van der Waals surface area contributed by atoms with Crippen molar-refractivity contribution in [1.82, 2.24) is 0 Å². The summed E-state index contributed by atoms with van der Waals surface area (Å²) in [7, 11) is 0. The van der Waals surface area contributed by atoms with Crippen molar-refractivity contribution in [1.29, 1.82) is 0 Å². The lowest BCUT2D eigenvalue weighted by Crippen LogP contribution is -2.24. The predicted octanol–water partition coefficient (Wildman–Crippen LogP) is 8.68. The van der Waals surface area contributed by atoms with Crippen molar-refractivity contribution in [3.8, 4) is 0 Å². The Kier molecular flexibility index (Phi) is 20.2. The van der Waals surface area contributed by atoms with E-state index in [9.17, 15) is 5.11 Å². The van der Waals surface area contributed by atoms with Crippen LogP contribution in [0.5, 0.6) is 0 Å². The number of halogens is 1. The van der Waals surface area contributed by atoms with Crippen molar-refractivity contribution >= 4 is 11.6 Å². The fourth-order valence-corrected chi connectivity index (χ4v) is 4.22. The number of ether oxygens (including phenoxy) is 2. The first-order chi connectivity index (χ1) is 16.2. The molecule has 0 bridgehead atoms. The summed E-state index contributed by atoms with van der Waals surface area (Å²) in [6.07, 6.45) is 21.6. The Bertz CT molecular complexity index is 564. The van der Waals surface area contributed by atoms with Crippen LogP contribution in [0.4, 0.5) is 0 Å². The molecule has 1 rings (SSSR count). The maximum atomic E-state index is 9.51. The van der Waals surface area contributed by atoms with E-state index in [1.807, 2.05) is 18.2 Å². The van der Waals surface area contributed by atoms with Gasteiger partial charge in [-0.15, -0.1) is 0 Å². The Morgan fingerprint density at radius 2 is 1.33 bits per heavy atom. The first kappa shape index (κ1) is 30.4. The summed E-state index contributed by atoms with van der Waals surface area (Å²) in [5, 5.41) is 10.1. The fourth-order valence-electron chi connectivity index (χ4n) is 4.02. The summed E-state index contributed by atoms with van der Waals surface area (Å²) in [6, 6.07) is 5.68. The topological polar surface area (TPSA) is 38.7 Å². The third-order valence-corrected chi connectivity index (χ3v) is 6.60. The van der Waals surface area contributed by atoms with Gasteiger partial charge < -0.3 is 14.6 Å². The van der Waals surface area contributed by atoms with Crippen LogP contribution < -0.4 is 0 Å². The van der Waals surface area contributed by atoms with Gasteiger partial charge in [0.05, 0.1) is 19.8 Å². The van der Waals surface area contributed by atoms with Gasteiger partial charge >= 0.3 is 0 Å². The highest BCUT2D eigenvalue weighted by Gasteiger charge is 2.09. The van der Waals surface area contributed by atoms with Gasteiger partial charge in [-0.05, 0) is 30.5 Å². The van der Waals surface area contributed by atoms with E-state index >= 15 is 0 Å². The molecule has 1 N–H and O–H groups in total. The molecule has 1 aromatic rings. The van der Waals surface area contributed by atoms with Crippen LogP contribution in [0.1, 0.15) is 121 Å². The van der Waals surface area contributed by atoms with Crippen LogP contribution >= 0.6 is 11.6 Å². The van der Waals surface area contributed by atoms with Gasteiger partial charge in [0, 0.05) is 11.6 Å². The van der Waals surface area contributed by atoms with Crippen molar-refractivity contribution in [2.24, 2.45) is 0 Å². The third-order valence-electron chi connectivity index (χ3n) is 6.25. The second-order valence-electron chi connectivity index (χ2n) is 9.42. The predicted molar refractivity (Wildman–Crippen MR) is 142 cm³/mol. The number of hydrogen-bond acceptors (Lipinski definition) is 3. The normalized spacial score (nSPS) is 12.4. The van der Waals surface area contributed by atoms with E-state index in [2.05, 4.69) is 13.8 Å². The quantitative estimate of drug-likeness (QED) is 0.159. The minimum atomic E-state index is -0.302. The molecule has 0 saturated heterocycles. The van der Waals surface area contributed by atoms with Crippen LogP contribution in [0.2, 0.25) is 5.02 Å².